The summed E-state index contributed by atoms with van der Waals surface area (Å²) in [6, 6.07) is 8.19. The number of hydrogen-bond acceptors (Lipinski definition) is 6. The molecule has 2 atom stereocenters. The van der Waals surface area contributed by atoms with Crippen molar-refractivity contribution in [1.29, 1.82) is 0 Å². The number of piperidine rings is 2. The van der Waals surface area contributed by atoms with Gasteiger partial charge in [-0.3, -0.25) is 19.2 Å². The number of nitrogens with zero attached hydrogens (tertiary/aromatic N) is 5. The van der Waals surface area contributed by atoms with Gasteiger partial charge in [0, 0.05) is 29.2 Å². The van der Waals surface area contributed by atoms with E-state index in [9.17, 15) is 9.59 Å². The highest BCUT2D eigenvalue weighted by Gasteiger charge is 2.44. The summed E-state index contributed by atoms with van der Waals surface area (Å²) in [5, 5.41) is 8.79. The van der Waals surface area contributed by atoms with Crippen LogP contribution >= 0.6 is 0 Å². The van der Waals surface area contributed by atoms with Gasteiger partial charge in [-0.05, 0) is 102 Å². The monoisotopic (exact) mass is 559 g/mol. The van der Waals surface area contributed by atoms with Gasteiger partial charge in [0.1, 0.15) is 5.82 Å². The Hall–Kier alpha value is -3.46. The van der Waals surface area contributed by atoms with Gasteiger partial charge in [-0.2, -0.15) is 5.10 Å². The molecule has 9 heteroatoms. The fourth-order valence-electron chi connectivity index (χ4n) is 6.87. The van der Waals surface area contributed by atoms with Crippen LogP contribution in [0.4, 0.5) is 11.5 Å². The number of amides is 2. The van der Waals surface area contributed by atoms with E-state index in [1.807, 2.05) is 6.92 Å². The summed E-state index contributed by atoms with van der Waals surface area (Å²) in [5.41, 5.74) is 9.34. The Labute approximate surface area is 243 Å². The lowest BCUT2D eigenvalue weighted by molar-refractivity contribution is -0.146. The van der Waals surface area contributed by atoms with E-state index in [1.165, 1.54) is 6.20 Å². The summed E-state index contributed by atoms with van der Waals surface area (Å²) in [5.74, 6) is -0.429. The maximum absolute atomic E-state index is 13.5. The smallest absolute Gasteiger partial charge is 0.313 e. The summed E-state index contributed by atoms with van der Waals surface area (Å²) in [6.45, 7) is 13.9. The van der Waals surface area contributed by atoms with Crippen molar-refractivity contribution in [3.05, 3.63) is 47.8 Å². The molecule has 3 N–H and O–H groups in total. The Bertz CT molecular complexity index is 1440. The van der Waals surface area contributed by atoms with Gasteiger partial charge in [0.05, 0.1) is 29.5 Å². The molecule has 1 aromatic carbocycles. The summed E-state index contributed by atoms with van der Waals surface area (Å²) in [4.78, 5) is 35.0. The lowest BCUT2D eigenvalue weighted by atomic mass is 9.77. The lowest BCUT2D eigenvalue weighted by Crippen LogP contribution is -2.58. The third-order valence-electron chi connectivity index (χ3n) is 9.50. The number of pyridine rings is 1. The first-order chi connectivity index (χ1) is 19.3. The number of likely N-dealkylation sites (tertiary alicyclic amines) is 2. The van der Waals surface area contributed by atoms with Gasteiger partial charge in [0.2, 0.25) is 0 Å². The number of carbonyl (C=O) groups excluding carboxylic acids is 2. The van der Waals surface area contributed by atoms with E-state index >= 15 is 0 Å². The summed E-state index contributed by atoms with van der Waals surface area (Å²) < 4.78 is 2.15. The topological polar surface area (TPSA) is 109 Å². The fourth-order valence-corrected chi connectivity index (χ4v) is 6.87. The van der Waals surface area contributed by atoms with E-state index in [2.05, 4.69) is 85.9 Å². The number of nitrogens with one attached hydrogen (secondary N) is 1. The van der Waals surface area contributed by atoms with Crippen molar-refractivity contribution in [2.75, 3.05) is 24.6 Å². The lowest BCUT2D eigenvalue weighted by Gasteiger charge is -2.53. The van der Waals surface area contributed by atoms with Crippen LogP contribution < -0.4 is 11.1 Å². The third-order valence-corrected chi connectivity index (χ3v) is 9.50. The van der Waals surface area contributed by atoms with Crippen LogP contribution in [0.1, 0.15) is 90.4 Å². The molecule has 3 aromatic rings. The van der Waals surface area contributed by atoms with Gasteiger partial charge in [-0.1, -0.05) is 19.9 Å². The molecule has 41 heavy (non-hydrogen) atoms. The number of aryl methyl sites for hydroxylation is 1. The minimum atomic E-state index is -0.654. The SMILES string of the molecule is CCc1cc(NC(=O)C(=O)N2C[C@@H](C)CC[C@@H]2c2ccc3nn(C4CC(C)(C)N(C)C(C)(C)C4)cc3c2)cnc1N. The van der Waals surface area contributed by atoms with Crippen molar-refractivity contribution in [2.24, 2.45) is 5.92 Å². The van der Waals surface area contributed by atoms with E-state index in [4.69, 9.17) is 10.8 Å². The van der Waals surface area contributed by atoms with E-state index in [1.54, 1.807) is 11.0 Å². The van der Waals surface area contributed by atoms with Crippen LogP contribution in [0.15, 0.2) is 36.7 Å². The van der Waals surface area contributed by atoms with E-state index < -0.39 is 11.8 Å². The van der Waals surface area contributed by atoms with Gasteiger partial charge < -0.3 is 16.0 Å². The van der Waals surface area contributed by atoms with E-state index in [0.29, 0.717) is 36.4 Å². The molecule has 0 unspecified atom stereocenters. The van der Waals surface area contributed by atoms with Crippen LogP contribution in [0.25, 0.3) is 10.9 Å². The Morgan fingerprint density at radius 2 is 1.80 bits per heavy atom. The highest BCUT2D eigenvalue weighted by molar-refractivity contribution is 6.39. The molecule has 5 rings (SSSR count). The highest BCUT2D eigenvalue weighted by atomic mass is 16.2. The molecular formula is C32H45N7O2. The quantitative estimate of drug-likeness (QED) is 0.418. The zero-order valence-corrected chi connectivity index (χ0v) is 25.6. The zero-order valence-electron chi connectivity index (χ0n) is 25.6. The first kappa shape index (κ1) is 29.0. The first-order valence-corrected chi connectivity index (χ1v) is 14.9. The summed E-state index contributed by atoms with van der Waals surface area (Å²) >= 11 is 0. The summed E-state index contributed by atoms with van der Waals surface area (Å²) in [7, 11) is 2.22. The van der Waals surface area contributed by atoms with Crippen LogP contribution in [0.3, 0.4) is 0 Å². The van der Waals surface area contributed by atoms with E-state index in [0.717, 1.165) is 47.7 Å². The normalized spacial score (nSPS) is 23.0. The number of nitrogens with two attached hydrogens (primary N) is 1. The molecule has 2 aromatic heterocycles. The highest BCUT2D eigenvalue weighted by Crippen LogP contribution is 2.43. The average Bonchev–Trinajstić information content (AvgIpc) is 3.35. The third kappa shape index (κ3) is 5.69. The van der Waals surface area contributed by atoms with E-state index in [-0.39, 0.29) is 17.1 Å². The van der Waals surface area contributed by atoms with Crippen LogP contribution in [-0.2, 0) is 16.0 Å². The zero-order chi connectivity index (χ0) is 29.7. The molecule has 220 valence electrons. The second kappa shape index (κ2) is 10.7. The van der Waals surface area contributed by atoms with Crippen LogP contribution in [0, 0.1) is 5.92 Å². The van der Waals surface area contributed by atoms with Crippen LogP contribution in [0.5, 0.6) is 0 Å². The molecule has 4 heterocycles. The number of rotatable bonds is 4. The minimum Gasteiger partial charge on any atom is -0.383 e. The number of anilines is 2. The number of nitrogen functional groups attached to an aromatic ring is 1. The number of benzene rings is 1. The second-order valence-corrected chi connectivity index (χ2v) is 13.4. The van der Waals surface area contributed by atoms with Crippen molar-refractivity contribution < 1.29 is 9.59 Å². The number of fused-ring (bicyclic) bond motifs is 1. The Morgan fingerprint density at radius 3 is 2.49 bits per heavy atom. The van der Waals surface area contributed by atoms with Crippen LogP contribution in [-0.4, -0.2) is 61.0 Å². The predicted octanol–water partition coefficient (Wildman–Crippen LogP) is 5.34. The Balaban J connectivity index is 1.38. The number of hydrogen-bond donors (Lipinski definition) is 2. The van der Waals surface area contributed by atoms with Crippen molar-refractivity contribution in [1.82, 2.24) is 24.6 Å². The average molecular weight is 560 g/mol. The van der Waals surface area contributed by atoms with Crippen molar-refractivity contribution >= 4 is 34.2 Å². The molecule has 0 aliphatic carbocycles. The standard InChI is InChI=1S/C32H45N7O2/c1-8-21-14-24(17-34-28(21)33)35-29(40)30(41)38-18-20(2)9-12-27(38)22-10-11-26-23(13-22)19-39(36-26)25-15-31(3,4)37(7)32(5,6)16-25/h10-11,13-14,17,19-20,25,27H,8-9,12,15-16,18H2,1-7H3,(H2,33,34)(H,35,40)/t20-,27+/m0/s1. The van der Waals surface area contributed by atoms with Gasteiger partial charge in [0.25, 0.3) is 0 Å². The molecule has 2 fully saturated rings. The molecule has 9 nitrogen and oxygen atoms in total. The molecule has 0 bridgehead atoms. The Morgan fingerprint density at radius 1 is 1.10 bits per heavy atom. The molecule has 2 aliphatic heterocycles. The van der Waals surface area contributed by atoms with Gasteiger partial charge in [-0.25, -0.2) is 4.98 Å². The minimum absolute atomic E-state index is 0.0659. The van der Waals surface area contributed by atoms with Crippen molar-refractivity contribution in [3.8, 4) is 0 Å². The molecule has 2 saturated heterocycles. The molecular weight excluding hydrogens is 514 g/mol. The van der Waals surface area contributed by atoms with Crippen LogP contribution in [0.2, 0.25) is 0 Å². The number of carbonyl (C=O) groups is 2. The first-order valence-electron chi connectivity index (χ1n) is 14.9. The van der Waals surface area contributed by atoms with Crippen molar-refractivity contribution in [3.63, 3.8) is 0 Å². The molecule has 0 spiro atoms. The largest absolute Gasteiger partial charge is 0.383 e. The second-order valence-electron chi connectivity index (χ2n) is 13.4. The molecule has 0 saturated carbocycles. The molecule has 2 aliphatic rings. The fraction of sp³-hybridized carbons (Fsp3) is 0.562. The summed E-state index contributed by atoms with van der Waals surface area (Å²) in [6.07, 6.45) is 8.19. The van der Waals surface area contributed by atoms with Gasteiger partial charge in [0.15, 0.2) is 0 Å². The maximum atomic E-state index is 13.5. The predicted molar refractivity (Wildman–Crippen MR) is 163 cm³/mol. The Kier molecular flexibility index (Phi) is 7.61. The van der Waals surface area contributed by atoms with Gasteiger partial charge >= 0.3 is 11.8 Å². The molecule has 2 amide bonds. The molecule has 0 radical (unpaired) electrons. The van der Waals surface area contributed by atoms with Gasteiger partial charge in [-0.15, -0.1) is 0 Å². The maximum Gasteiger partial charge on any atom is 0.313 e. The number of aromatic nitrogens is 3. The van der Waals surface area contributed by atoms with Crippen molar-refractivity contribution in [2.45, 2.75) is 96.8 Å².